The van der Waals surface area contributed by atoms with Crippen molar-refractivity contribution in [1.82, 2.24) is 4.90 Å². The normalized spacial score (nSPS) is 40.7. The van der Waals surface area contributed by atoms with E-state index in [1.807, 2.05) is 6.07 Å². The Labute approximate surface area is 111 Å². The molecule has 1 saturated heterocycles. The summed E-state index contributed by atoms with van der Waals surface area (Å²) < 4.78 is 0. The molecule has 1 unspecified atom stereocenters. The number of carbonyl (C=O) groups is 1. The number of rotatable bonds is 1. The van der Waals surface area contributed by atoms with E-state index in [4.69, 9.17) is 0 Å². The van der Waals surface area contributed by atoms with Gasteiger partial charge in [-0.25, -0.2) is 0 Å². The Bertz CT molecular complexity index is 471. The van der Waals surface area contributed by atoms with Gasteiger partial charge in [0.05, 0.1) is 18.2 Å². The molecule has 0 aromatic heterocycles. The fourth-order valence-electron chi connectivity index (χ4n) is 3.12. The molecule has 102 valence electrons. The van der Waals surface area contributed by atoms with Crippen molar-refractivity contribution >= 4 is 5.91 Å². The molecule has 3 N–H and O–H groups in total. The molecular weight excluding hydrogens is 246 g/mol. The Kier molecular flexibility index (Phi) is 2.85. The van der Waals surface area contributed by atoms with Crippen LogP contribution in [-0.2, 0) is 0 Å². The number of aliphatic hydroxyl groups excluding tert-OH is 3. The predicted octanol–water partition coefficient (Wildman–Crippen LogP) is -0.388. The summed E-state index contributed by atoms with van der Waals surface area (Å²) in [5, 5.41) is 29.5. The maximum Gasteiger partial charge on any atom is 0.254 e. The maximum absolute atomic E-state index is 12.3. The third-order valence-corrected chi connectivity index (χ3v) is 4.28. The van der Waals surface area contributed by atoms with Gasteiger partial charge in [0.2, 0.25) is 0 Å². The van der Waals surface area contributed by atoms with Crippen LogP contribution < -0.4 is 0 Å². The quantitative estimate of drug-likeness (QED) is 0.603. The van der Waals surface area contributed by atoms with Gasteiger partial charge in [-0.2, -0.15) is 0 Å². The molecule has 1 amide bonds. The van der Waals surface area contributed by atoms with Gasteiger partial charge in [0.1, 0.15) is 12.2 Å². The highest BCUT2D eigenvalue weighted by Crippen LogP contribution is 2.45. The van der Waals surface area contributed by atoms with E-state index in [0.717, 1.165) is 0 Å². The Morgan fingerprint density at radius 1 is 1.00 bits per heavy atom. The van der Waals surface area contributed by atoms with E-state index in [9.17, 15) is 20.1 Å². The summed E-state index contributed by atoms with van der Waals surface area (Å²) in [4.78, 5) is 13.9. The lowest BCUT2D eigenvalue weighted by Gasteiger charge is -2.30. The van der Waals surface area contributed by atoms with Crippen LogP contribution in [0.15, 0.2) is 30.3 Å². The van der Waals surface area contributed by atoms with Crippen LogP contribution in [0.1, 0.15) is 17.3 Å². The van der Waals surface area contributed by atoms with Crippen molar-refractivity contribution in [3.63, 3.8) is 0 Å². The minimum atomic E-state index is -1.19. The summed E-state index contributed by atoms with van der Waals surface area (Å²) in [5.41, 5.74) is 0.556. The minimum Gasteiger partial charge on any atom is -0.390 e. The highest BCUT2D eigenvalue weighted by atomic mass is 16.4. The van der Waals surface area contributed by atoms with E-state index in [1.54, 1.807) is 36.1 Å². The van der Waals surface area contributed by atoms with E-state index in [0.29, 0.717) is 5.56 Å². The summed E-state index contributed by atoms with van der Waals surface area (Å²) >= 11 is 0. The first kappa shape index (κ1) is 12.6. The van der Waals surface area contributed by atoms with Crippen LogP contribution in [0.5, 0.6) is 0 Å². The third-order valence-electron chi connectivity index (χ3n) is 4.28. The first-order chi connectivity index (χ1) is 9.04. The molecule has 2 fully saturated rings. The lowest BCUT2D eigenvalue weighted by molar-refractivity contribution is -0.0937. The molecule has 1 aromatic rings. The zero-order chi connectivity index (χ0) is 13.7. The molecule has 3 rings (SSSR count). The molecule has 1 aromatic carbocycles. The first-order valence-corrected chi connectivity index (χ1v) is 6.46. The van der Waals surface area contributed by atoms with Gasteiger partial charge in [0, 0.05) is 11.5 Å². The fourth-order valence-corrected chi connectivity index (χ4v) is 3.12. The zero-order valence-corrected chi connectivity index (χ0v) is 10.5. The minimum absolute atomic E-state index is 0.164. The Hall–Kier alpha value is -1.43. The third kappa shape index (κ3) is 1.77. The lowest BCUT2D eigenvalue weighted by Crippen LogP contribution is -2.50. The molecule has 0 bridgehead atoms. The van der Waals surface area contributed by atoms with Gasteiger partial charge in [-0.15, -0.1) is 0 Å². The Balaban J connectivity index is 1.84. The van der Waals surface area contributed by atoms with E-state index in [1.165, 1.54) is 0 Å². The number of likely N-dealkylation sites (tertiary alicyclic amines) is 1. The van der Waals surface area contributed by atoms with Crippen LogP contribution >= 0.6 is 0 Å². The Morgan fingerprint density at radius 2 is 1.63 bits per heavy atom. The number of amides is 1. The molecule has 5 nitrogen and oxygen atoms in total. The van der Waals surface area contributed by atoms with Crippen molar-refractivity contribution in [3.8, 4) is 0 Å². The average molecular weight is 263 g/mol. The molecule has 6 atom stereocenters. The predicted molar refractivity (Wildman–Crippen MR) is 67.4 cm³/mol. The fraction of sp³-hybridized carbons (Fsp3) is 0.500. The number of nitrogens with zero attached hydrogens (tertiary/aromatic N) is 1. The van der Waals surface area contributed by atoms with Crippen LogP contribution in [0.2, 0.25) is 0 Å². The van der Waals surface area contributed by atoms with Crippen molar-refractivity contribution in [2.75, 3.05) is 0 Å². The number of aliphatic hydroxyl groups is 3. The zero-order valence-electron chi connectivity index (χ0n) is 10.5. The van der Waals surface area contributed by atoms with Crippen LogP contribution in [0.4, 0.5) is 0 Å². The topological polar surface area (TPSA) is 80.8 Å². The van der Waals surface area contributed by atoms with Crippen molar-refractivity contribution in [1.29, 1.82) is 0 Å². The number of fused-ring (bicyclic) bond motifs is 1. The summed E-state index contributed by atoms with van der Waals surface area (Å²) in [7, 11) is 0. The molecule has 19 heavy (non-hydrogen) atoms. The first-order valence-electron chi connectivity index (χ1n) is 6.46. The van der Waals surface area contributed by atoms with Gasteiger partial charge in [-0.3, -0.25) is 4.79 Å². The van der Waals surface area contributed by atoms with Crippen LogP contribution in [0, 0.1) is 5.92 Å². The van der Waals surface area contributed by atoms with E-state index in [-0.39, 0.29) is 23.9 Å². The molecule has 1 saturated carbocycles. The lowest BCUT2D eigenvalue weighted by atomic mass is 9.84. The largest absolute Gasteiger partial charge is 0.390 e. The van der Waals surface area contributed by atoms with Gasteiger partial charge in [-0.05, 0) is 12.1 Å². The van der Waals surface area contributed by atoms with Crippen molar-refractivity contribution < 1.29 is 20.1 Å². The van der Waals surface area contributed by atoms with E-state index in [2.05, 4.69) is 0 Å². The summed E-state index contributed by atoms with van der Waals surface area (Å²) in [6.45, 7) is 1.79. The Morgan fingerprint density at radius 3 is 2.26 bits per heavy atom. The van der Waals surface area contributed by atoms with Crippen molar-refractivity contribution in [2.24, 2.45) is 5.92 Å². The van der Waals surface area contributed by atoms with E-state index < -0.39 is 18.3 Å². The average Bonchev–Trinajstić information content (AvgIpc) is 3.18. The molecule has 1 heterocycles. The monoisotopic (exact) mass is 263 g/mol. The summed E-state index contributed by atoms with van der Waals surface area (Å²) in [6.07, 6.45) is -3.27. The molecule has 5 heteroatoms. The highest BCUT2D eigenvalue weighted by molar-refractivity contribution is 5.96. The van der Waals surface area contributed by atoms with Crippen molar-refractivity contribution in [3.05, 3.63) is 35.9 Å². The molecular formula is C14H17NO4. The number of benzene rings is 1. The van der Waals surface area contributed by atoms with Gasteiger partial charge >= 0.3 is 0 Å². The van der Waals surface area contributed by atoms with Crippen molar-refractivity contribution in [2.45, 2.75) is 37.3 Å². The number of hydrogen-bond acceptors (Lipinski definition) is 4. The second-order valence-electron chi connectivity index (χ2n) is 5.39. The molecule has 0 radical (unpaired) electrons. The van der Waals surface area contributed by atoms with E-state index >= 15 is 0 Å². The van der Waals surface area contributed by atoms with Gasteiger partial charge in [-0.1, -0.05) is 25.1 Å². The molecule has 1 aliphatic carbocycles. The van der Waals surface area contributed by atoms with Gasteiger partial charge in [0.15, 0.2) is 0 Å². The molecule has 1 aliphatic heterocycles. The van der Waals surface area contributed by atoms with Crippen LogP contribution in [-0.4, -0.2) is 56.5 Å². The SMILES string of the molecule is C[C@H]1[C@@H](O)[C@@H](O)[C@H](O)C2[C@@H]1N2C(=O)c1ccccc1. The second-order valence-corrected chi connectivity index (χ2v) is 5.39. The number of carbonyl (C=O) groups excluding carboxylic acids is 1. The summed E-state index contributed by atoms with van der Waals surface area (Å²) in [6, 6.07) is 8.25. The molecule has 2 aliphatic rings. The van der Waals surface area contributed by atoms with Crippen LogP contribution in [0.25, 0.3) is 0 Å². The van der Waals surface area contributed by atoms with Gasteiger partial charge in [0.25, 0.3) is 5.91 Å². The smallest absolute Gasteiger partial charge is 0.254 e. The maximum atomic E-state index is 12.3. The molecule has 0 spiro atoms. The standard InChI is InChI=1S/C14H17NO4/c1-7-9-10(12(17)13(18)11(7)16)15(9)14(19)8-5-3-2-4-6-8/h2-7,9-13,16-18H,1H3/t7-,9-,10?,11-,12-,13-,15?/m1/s1. The van der Waals surface area contributed by atoms with Gasteiger partial charge < -0.3 is 20.2 Å². The highest BCUT2D eigenvalue weighted by Gasteiger charge is 2.64. The number of hydrogen-bond donors (Lipinski definition) is 3. The second kappa shape index (κ2) is 4.30. The van der Waals surface area contributed by atoms with Crippen LogP contribution in [0.3, 0.4) is 0 Å². The summed E-state index contributed by atoms with van der Waals surface area (Å²) in [5.74, 6) is -0.404.